The minimum absolute atomic E-state index is 0.236. The van der Waals surface area contributed by atoms with Crippen LogP contribution in [0.25, 0.3) is 0 Å². The van der Waals surface area contributed by atoms with Gasteiger partial charge in [0.05, 0.1) is 21.3 Å². The standard InChI is InChI=1S/C14H8BrFN2O2/c1-7-4-10(15)11(16)5-12(7)18-13(19)8-2-3-17-6-9(8)14(18)20/h2-6H,1H3. The summed E-state index contributed by atoms with van der Waals surface area (Å²) in [5.74, 6) is -1.47. The first-order chi connectivity index (χ1) is 9.50. The molecule has 2 aromatic rings. The van der Waals surface area contributed by atoms with E-state index in [-0.39, 0.29) is 21.3 Å². The van der Waals surface area contributed by atoms with E-state index in [1.54, 1.807) is 6.92 Å². The van der Waals surface area contributed by atoms with Crippen molar-refractivity contribution in [2.45, 2.75) is 6.92 Å². The number of carbonyl (C=O) groups excluding carboxylic acids is 2. The molecule has 20 heavy (non-hydrogen) atoms. The highest BCUT2D eigenvalue weighted by Gasteiger charge is 2.37. The second-order valence-electron chi connectivity index (χ2n) is 4.42. The minimum atomic E-state index is -0.528. The molecule has 2 amide bonds. The number of amides is 2. The number of pyridine rings is 1. The highest BCUT2D eigenvalue weighted by atomic mass is 79.9. The summed E-state index contributed by atoms with van der Waals surface area (Å²) in [5, 5.41) is 0. The second kappa shape index (κ2) is 4.49. The average Bonchev–Trinajstić information content (AvgIpc) is 2.68. The van der Waals surface area contributed by atoms with Crippen molar-refractivity contribution >= 4 is 33.4 Å². The van der Waals surface area contributed by atoms with Crippen LogP contribution in [0.2, 0.25) is 0 Å². The van der Waals surface area contributed by atoms with Gasteiger partial charge in [-0.25, -0.2) is 9.29 Å². The molecule has 0 fully saturated rings. The lowest BCUT2D eigenvalue weighted by atomic mass is 10.2. The molecule has 0 bridgehead atoms. The van der Waals surface area contributed by atoms with Crippen LogP contribution in [-0.2, 0) is 0 Å². The van der Waals surface area contributed by atoms with E-state index in [1.165, 1.54) is 30.6 Å². The number of benzene rings is 1. The molecule has 2 heterocycles. The van der Waals surface area contributed by atoms with Crippen LogP contribution in [0.1, 0.15) is 26.3 Å². The van der Waals surface area contributed by atoms with Gasteiger partial charge < -0.3 is 0 Å². The number of aromatic nitrogens is 1. The van der Waals surface area contributed by atoms with Gasteiger partial charge in [-0.2, -0.15) is 0 Å². The molecule has 0 unspecified atom stereocenters. The number of anilines is 1. The van der Waals surface area contributed by atoms with E-state index < -0.39 is 17.6 Å². The third kappa shape index (κ3) is 1.76. The molecule has 0 radical (unpaired) electrons. The number of imide groups is 1. The van der Waals surface area contributed by atoms with E-state index in [0.29, 0.717) is 5.56 Å². The topological polar surface area (TPSA) is 50.3 Å². The Bertz CT molecular complexity index is 726. The van der Waals surface area contributed by atoms with Gasteiger partial charge in [-0.15, -0.1) is 0 Å². The Kier molecular flexibility index (Phi) is 2.90. The molecular weight excluding hydrogens is 327 g/mol. The van der Waals surface area contributed by atoms with Gasteiger partial charge in [0.25, 0.3) is 11.8 Å². The molecule has 4 nitrogen and oxygen atoms in total. The lowest BCUT2D eigenvalue weighted by molar-refractivity contribution is 0.0926. The van der Waals surface area contributed by atoms with Crippen molar-refractivity contribution in [3.63, 3.8) is 0 Å². The zero-order valence-electron chi connectivity index (χ0n) is 10.4. The Morgan fingerprint density at radius 3 is 2.60 bits per heavy atom. The molecule has 1 aliphatic heterocycles. The predicted molar refractivity (Wildman–Crippen MR) is 74.2 cm³/mol. The zero-order valence-corrected chi connectivity index (χ0v) is 11.9. The number of hydrogen-bond donors (Lipinski definition) is 0. The summed E-state index contributed by atoms with van der Waals surface area (Å²) in [5.41, 5.74) is 1.39. The molecule has 6 heteroatoms. The van der Waals surface area contributed by atoms with E-state index in [1.807, 2.05) is 0 Å². The van der Waals surface area contributed by atoms with Crippen molar-refractivity contribution in [1.29, 1.82) is 0 Å². The molecule has 0 saturated carbocycles. The fraction of sp³-hybridized carbons (Fsp3) is 0.0714. The van der Waals surface area contributed by atoms with Crippen LogP contribution in [0.5, 0.6) is 0 Å². The second-order valence-corrected chi connectivity index (χ2v) is 5.27. The number of nitrogens with zero attached hydrogens (tertiary/aromatic N) is 2. The molecule has 1 aromatic heterocycles. The average molecular weight is 335 g/mol. The van der Waals surface area contributed by atoms with Crippen LogP contribution in [0.4, 0.5) is 10.1 Å². The van der Waals surface area contributed by atoms with Crippen molar-refractivity contribution in [3.05, 3.63) is 57.6 Å². The molecule has 1 aliphatic rings. The zero-order chi connectivity index (χ0) is 14.4. The van der Waals surface area contributed by atoms with Crippen molar-refractivity contribution < 1.29 is 14.0 Å². The molecule has 1 aromatic carbocycles. The quantitative estimate of drug-likeness (QED) is 0.753. The lowest BCUT2D eigenvalue weighted by Gasteiger charge is -2.17. The van der Waals surface area contributed by atoms with Crippen molar-refractivity contribution in [1.82, 2.24) is 4.98 Å². The van der Waals surface area contributed by atoms with Gasteiger partial charge in [-0.1, -0.05) is 0 Å². The van der Waals surface area contributed by atoms with Gasteiger partial charge in [0.2, 0.25) is 0 Å². The van der Waals surface area contributed by atoms with E-state index in [9.17, 15) is 14.0 Å². The summed E-state index contributed by atoms with van der Waals surface area (Å²) in [4.78, 5) is 29.4. The number of rotatable bonds is 1. The van der Waals surface area contributed by atoms with Crippen molar-refractivity contribution in [2.75, 3.05) is 4.90 Å². The minimum Gasteiger partial charge on any atom is -0.268 e. The number of carbonyl (C=O) groups is 2. The normalized spacial score (nSPS) is 13.8. The maximum atomic E-state index is 13.7. The van der Waals surface area contributed by atoms with E-state index in [2.05, 4.69) is 20.9 Å². The summed E-state index contributed by atoms with van der Waals surface area (Å²) < 4.78 is 14.0. The van der Waals surface area contributed by atoms with Crippen LogP contribution in [0, 0.1) is 12.7 Å². The van der Waals surface area contributed by atoms with E-state index in [0.717, 1.165) is 4.90 Å². The van der Waals surface area contributed by atoms with E-state index in [4.69, 9.17) is 0 Å². The van der Waals surface area contributed by atoms with Crippen LogP contribution in [0.3, 0.4) is 0 Å². The van der Waals surface area contributed by atoms with Gasteiger partial charge in [-0.3, -0.25) is 14.6 Å². The monoisotopic (exact) mass is 334 g/mol. The molecule has 0 aliphatic carbocycles. The molecule has 0 saturated heterocycles. The number of aryl methyl sites for hydroxylation is 1. The maximum absolute atomic E-state index is 13.7. The van der Waals surface area contributed by atoms with Gasteiger partial charge in [-0.05, 0) is 46.6 Å². The maximum Gasteiger partial charge on any atom is 0.267 e. The van der Waals surface area contributed by atoms with Crippen molar-refractivity contribution in [2.24, 2.45) is 0 Å². The lowest BCUT2D eigenvalue weighted by Crippen LogP contribution is -2.30. The summed E-state index contributed by atoms with van der Waals surface area (Å²) in [6, 6.07) is 4.20. The van der Waals surface area contributed by atoms with Crippen LogP contribution >= 0.6 is 15.9 Å². The largest absolute Gasteiger partial charge is 0.268 e. The van der Waals surface area contributed by atoms with Crippen LogP contribution in [0.15, 0.2) is 35.1 Å². The third-order valence-electron chi connectivity index (χ3n) is 3.17. The van der Waals surface area contributed by atoms with Crippen LogP contribution in [-0.4, -0.2) is 16.8 Å². The van der Waals surface area contributed by atoms with Crippen LogP contribution < -0.4 is 4.90 Å². The summed E-state index contributed by atoms with van der Waals surface area (Å²) in [7, 11) is 0. The van der Waals surface area contributed by atoms with Gasteiger partial charge in [0, 0.05) is 12.4 Å². The van der Waals surface area contributed by atoms with E-state index >= 15 is 0 Å². The Hall–Kier alpha value is -2.08. The Balaban J connectivity index is 2.17. The fourth-order valence-corrected chi connectivity index (χ4v) is 2.64. The molecule has 3 rings (SSSR count). The molecular formula is C14H8BrFN2O2. The van der Waals surface area contributed by atoms with Gasteiger partial charge in [0.1, 0.15) is 5.82 Å². The molecule has 100 valence electrons. The summed E-state index contributed by atoms with van der Waals surface area (Å²) >= 11 is 3.07. The third-order valence-corrected chi connectivity index (χ3v) is 3.78. The first kappa shape index (κ1) is 12.9. The smallest absolute Gasteiger partial charge is 0.267 e. The number of fused-ring (bicyclic) bond motifs is 1. The molecule has 0 spiro atoms. The Morgan fingerprint density at radius 1 is 1.20 bits per heavy atom. The molecule has 0 atom stereocenters. The summed E-state index contributed by atoms with van der Waals surface area (Å²) in [6.07, 6.45) is 2.79. The van der Waals surface area contributed by atoms with Crippen molar-refractivity contribution in [3.8, 4) is 0 Å². The number of hydrogen-bond acceptors (Lipinski definition) is 3. The SMILES string of the molecule is Cc1cc(Br)c(F)cc1N1C(=O)c2ccncc2C1=O. The summed E-state index contributed by atoms with van der Waals surface area (Å²) in [6.45, 7) is 1.71. The first-order valence-electron chi connectivity index (χ1n) is 5.79. The Labute approximate surface area is 122 Å². The van der Waals surface area contributed by atoms with Gasteiger partial charge >= 0.3 is 0 Å². The highest BCUT2D eigenvalue weighted by Crippen LogP contribution is 2.32. The fourth-order valence-electron chi connectivity index (χ4n) is 2.18. The highest BCUT2D eigenvalue weighted by molar-refractivity contribution is 9.10. The predicted octanol–water partition coefficient (Wildman–Crippen LogP) is 3.09. The molecule has 0 N–H and O–H groups in total. The Morgan fingerprint density at radius 2 is 1.90 bits per heavy atom. The van der Waals surface area contributed by atoms with Gasteiger partial charge in [0.15, 0.2) is 0 Å². The number of halogens is 2. The first-order valence-corrected chi connectivity index (χ1v) is 6.58.